The second-order valence-corrected chi connectivity index (χ2v) is 7.38. The van der Waals surface area contributed by atoms with E-state index >= 15 is 0 Å². The van der Waals surface area contributed by atoms with E-state index in [0.717, 1.165) is 51.8 Å². The molecule has 1 aliphatic rings. The van der Waals surface area contributed by atoms with Crippen molar-refractivity contribution in [2.24, 2.45) is 5.92 Å². The number of aromatic nitrogens is 3. The molecule has 0 saturated heterocycles. The molecule has 3 heterocycles. The third-order valence-electron chi connectivity index (χ3n) is 4.84. The van der Waals surface area contributed by atoms with Crippen LogP contribution in [0.25, 0.3) is 27.9 Å². The van der Waals surface area contributed by atoms with Gasteiger partial charge < -0.3 is 14.8 Å². The first-order valence-electron chi connectivity index (χ1n) is 9.61. The van der Waals surface area contributed by atoms with Crippen molar-refractivity contribution in [2.75, 3.05) is 25.1 Å². The van der Waals surface area contributed by atoms with Crippen molar-refractivity contribution >= 4 is 22.5 Å². The number of nitrogens with zero attached hydrogens (tertiary/aromatic N) is 3. The van der Waals surface area contributed by atoms with E-state index in [1.165, 1.54) is 0 Å². The summed E-state index contributed by atoms with van der Waals surface area (Å²) in [4.78, 5) is 9.51. The highest BCUT2D eigenvalue weighted by Gasteiger charge is 2.17. The van der Waals surface area contributed by atoms with Gasteiger partial charge in [0.25, 0.3) is 0 Å². The van der Waals surface area contributed by atoms with E-state index in [1.807, 2.05) is 42.6 Å². The number of benzene rings is 2. The van der Waals surface area contributed by atoms with Gasteiger partial charge in [-0.1, -0.05) is 26.0 Å². The van der Waals surface area contributed by atoms with Crippen LogP contribution in [0.3, 0.4) is 0 Å². The normalized spacial score (nSPS) is 13.4. The van der Waals surface area contributed by atoms with Gasteiger partial charge in [-0.2, -0.15) is 0 Å². The molecule has 0 amide bonds. The lowest BCUT2D eigenvalue weighted by Crippen LogP contribution is -2.15. The van der Waals surface area contributed by atoms with E-state index in [0.29, 0.717) is 19.1 Å². The molecule has 0 fully saturated rings. The molecule has 6 nitrogen and oxygen atoms in total. The maximum atomic E-state index is 5.77. The predicted molar refractivity (Wildman–Crippen MR) is 110 cm³/mol. The lowest BCUT2D eigenvalue weighted by atomic mass is 10.1. The van der Waals surface area contributed by atoms with Gasteiger partial charge in [0.15, 0.2) is 23.0 Å². The van der Waals surface area contributed by atoms with Crippen molar-refractivity contribution in [3.8, 4) is 22.8 Å². The Morgan fingerprint density at radius 1 is 1.07 bits per heavy atom. The maximum Gasteiger partial charge on any atom is 0.181 e. The molecule has 142 valence electrons. The molecule has 0 bridgehead atoms. The van der Waals surface area contributed by atoms with Gasteiger partial charge >= 0.3 is 0 Å². The van der Waals surface area contributed by atoms with Crippen LogP contribution >= 0.6 is 0 Å². The van der Waals surface area contributed by atoms with Crippen molar-refractivity contribution in [3.63, 3.8) is 0 Å². The molecule has 28 heavy (non-hydrogen) atoms. The lowest BCUT2D eigenvalue weighted by molar-refractivity contribution is 0.171. The van der Waals surface area contributed by atoms with Gasteiger partial charge in [-0.25, -0.2) is 9.97 Å². The van der Waals surface area contributed by atoms with Gasteiger partial charge in [-0.3, -0.25) is 4.40 Å². The van der Waals surface area contributed by atoms with E-state index in [4.69, 9.17) is 19.4 Å². The number of fused-ring (bicyclic) bond motifs is 4. The summed E-state index contributed by atoms with van der Waals surface area (Å²) in [6, 6.07) is 14.2. The molecule has 0 saturated carbocycles. The van der Waals surface area contributed by atoms with Crippen molar-refractivity contribution in [3.05, 3.63) is 48.7 Å². The van der Waals surface area contributed by atoms with Crippen molar-refractivity contribution in [1.82, 2.24) is 14.4 Å². The van der Waals surface area contributed by atoms with Gasteiger partial charge in [0.1, 0.15) is 13.2 Å². The SMILES string of the molecule is CC(C)CNc1nc2ccccc2n2c(-c3ccc4c(c3)OCCO4)cnc12. The first kappa shape index (κ1) is 16.9. The summed E-state index contributed by atoms with van der Waals surface area (Å²) in [5, 5.41) is 3.45. The number of imidazole rings is 1. The zero-order valence-corrected chi connectivity index (χ0v) is 16.0. The fourth-order valence-corrected chi connectivity index (χ4v) is 3.51. The first-order valence-corrected chi connectivity index (χ1v) is 9.61. The molecule has 2 aromatic carbocycles. The minimum atomic E-state index is 0.514. The van der Waals surface area contributed by atoms with Crippen molar-refractivity contribution in [2.45, 2.75) is 13.8 Å². The molecule has 4 aromatic rings. The van der Waals surface area contributed by atoms with Crippen LogP contribution in [-0.4, -0.2) is 34.1 Å². The zero-order valence-electron chi connectivity index (χ0n) is 16.0. The van der Waals surface area contributed by atoms with Crippen LogP contribution in [0.4, 0.5) is 5.82 Å². The molecule has 1 aliphatic heterocycles. The molecule has 1 N–H and O–H groups in total. The lowest BCUT2D eigenvalue weighted by Gasteiger charge is -2.19. The van der Waals surface area contributed by atoms with Crippen molar-refractivity contribution < 1.29 is 9.47 Å². The van der Waals surface area contributed by atoms with Crippen LogP contribution in [-0.2, 0) is 0 Å². The highest BCUT2D eigenvalue weighted by Crippen LogP contribution is 2.36. The van der Waals surface area contributed by atoms with Gasteiger partial charge in [0.05, 0.1) is 22.9 Å². The average Bonchev–Trinajstić information content (AvgIpc) is 3.17. The molecule has 0 radical (unpaired) electrons. The molecule has 0 atom stereocenters. The summed E-state index contributed by atoms with van der Waals surface area (Å²) in [5.41, 5.74) is 4.80. The summed E-state index contributed by atoms with van der Waals surface area (Å²) in [6.45, 7) is 6.35. The summed E-state index contributed by atoms with van der Waals surface area (Å²) in [5.74, 6) is 2.88. The van der Waals surface area contributed by atoms with E-state index in [1.54, 1.807) is 0 Å². The average molecular weight is 374 g/mol. The fraction of sp³-hybridized carbons (Fsp3) is 0.273. The Balaban J connectivity index is 1.72. The quantitative estimate of drug-likeness (QED) is 0.574. The highest BCUT2D eigenvalue weighted by atomic mass is 16.6. The van der Waals surface area contributed by atoms with E-state index in [-0.39, 0.29) is 0 Å². The van der Waals surface area contributed by atoms with E-state index < -0.39 is 0 Å². The van der Waals surface area contributed by atoms with Crippen LogP contribution in [0, 0.1) is 5.92 Å². The Hall–Kier alpha value is -3.28. The van der Waals surface area contributed by atoms with Crippen LogP contribution in [0.5, 0.6) is 11.5 Å². The Labute approximate surface area is 163 Å². The van der Waals surface area contributed by atoms with Crippen LogP contribution < -0.4 is 14.8 Å². The monoisotopic (exact) mass is 374 g/mol. The standard InChI is InChI=1S/C22H22N4O2/c1-14(2)12-23-21-22-24-13-18(26(22)17-6-4-3-5-16(17)25-21)15-7-8-19-20(11-15)28-10-9-27-19/h3-8,11,13-14H,9-10,12H2,1-2H3,(H,23,25). The largest absolute Gasteiger partial charge is 0.486 e. The molecule has 0 spiro atoms. The van der Waals surface area contributed by atoms with Crippen LogP contribution in [0.2, 0.25) is 0 Å². The summed E-state index contributed by atoms with van der Waals surface area (Å²) in [7, 11) is 0. The minimum Gasteiger partial charge on any atom is -0.486 e. The number of anilines is 1. The Morgan fingerprint density at radius 3 is 2.75 bits per heavy atom. The number of ether oxygens (including phenoxy) is 2. The first-order chi connectivity index (χ1) is 13.7. The van der Waals surface area contributed by atoms with Gasteiger partial charge in [0, 0.05) is 12.1 Å². The molecule has 6 heteroatoms. The van der Waals surface area contributed by atoms with Gasteiger partial charge in [-0.15, -0.1) is 0 Å². The van der Waals surface area contributed by atoms with Crippen molar-refractivity contribution in [1.29, 1.82) is 0 Å². The Kier molecular flexibility index (Phi) is 4.04. The Morgan fingerprint density at radius 2 is 1.89 bits per heavy atom. The number of hydrogen-bond donors (Lipinski definition) is 1. The van der Waals surface area contributed by atoms with Crippen LogP contribution in [0.1, 0.15) is 13.8 Å². The van der Waals surface area contributed by atoms with Gasteiger partial charge in [-0.05, 0) is 36.2 Å². The number of hydrogen-bond acceptors (Lipinski definition) is 5. The Bertz CT molecular complexity index is 1170. The molecule has 0 aliphatic carbocycles. The van der Waals surface area contributed by atoms with Gasteiger partial charge in [0.2, 0.25) is 0 Å². The molecule has 2 aromatic heterocycles. The predicted octanol–water partition coefficient (Wildman–Crippen LogP) is 4.39. The summed E-state index contributed by atoms with van der Waals surface area (Å²) >= 11 is 0. The highest BCUT2D eigenvalue weighted by molar-refractivity contribution is 5.86. The summed E-state index contributed by atoms with van der Waals surface area (Å²) < 4.78 is 13.6. The molecule has 0 unspecified atom stereocenters. The third-order valence-corrected chi connectivity index (χ3v) is 4.84. The fourth-order valence-electron chi connectivity index (χ4n) is 3.51. The second-order valence-electron chi connectivity index (χ2n) is 7.38. The summed E-state index contributed by atoms with van der Waals surface area (Å²) in [6.07, 6.45) is 1.90. The zero-order chi connectivity index (χ0) is 19.1. The van der Waals surface area contributed by atoms with E-state index in [2.05, 4.69) is 29.6 Å². The van der Waals surface area contributed by atoms with E-state index in [9.17, 15) is 0 Å². The molecular formula is C22H22N4O2. The minimum absolute atomic E-state index is 0.514. The third kappa shape index (κ3) is 2.81. The molecule has 5 rings (SSSR count). The number of rotatable bonds is 4. The second kappa shape index (κ2) is 6.71. The van der Waals surface area contributed by atoms with Crippen LogP contribution in [0.15, 0.2) is 48.7 Å². The smallest absolute Gasteiger partial charge is 0.181 e. The maximum absolute atomic E-state index is 5.77. The number of para-hydroxylation sites is 2. The molecular weight excluding hydrogens is 352 g/mol. The topological polar surface area (TPSA) is 60.7 Å². The number of nitrogens with one attached hydrogen (secondary N) is 1.